The van der Waals surface area contributed by atoms with Gasteiger partial charge in [-0.15, -0.1) is 0 Å². The predicted octanol–water partition coefficient (Wildman–Crippen LogP) is 3.12. The Morgan fingerprint density at radius 1 is 1.36 bits per heavy atom. The molecule has 0 radical (unpaired) electrons. The molecule has 1 aromatic rings. The SMILES string of the molecule is CC(F)(F)c1ccc2c(c1)CCCO2. The highest BCUT2D eigenvalue weighted by molar-refractivity contribution is 5.39. The fourth-order valence-electron chi connectivity index (χ4n) is 1.63. The second-order valence-electron chi connectivity index (χ2n) is 3.66. The first-order valence-corrected chi connectivity index (χ1v) is 4.71. The summed E-state index contributed by atoms with van der Waals surface area (Å²) in [6, 6.07) is 4.62. The monoisotopic (exact) mass is 198 g/mol. The van der Waals surface area contributed by atoms with Gasteiger partial charge in [-0.2, -0.15) is 0 Å². The van der Waals surface area contributed by atoms with Gasteiger partial charge in [-0.3, -0.25) is 0 Å². The Labute approximate surface area is 81.7 Å². The Morgan fingerprint density at radius 2 is 2.14 bits per heavy atom. The average molecular weight is 198 g/mol. The number of aryl methyl sites for hydroxylation is 1. The van der Waals surface area contributed by atoms with Crippen LogP contribution in [0.1, 0.15) is 24.5 Å². The Bertz CT molecular complexity index is 342. The minimum atomic E-state index is -2.76. The minimum absolute atomic E-state index is 0.0711. The normalized spacial score (nSPS) is 15.9. The van der Waals surface area contributed by atoms with Crippen LogP contribution in [0.4, 0.5) is 8.78 Å². The van der Waals surface area contributed by atoms with Gasteiger partial charge in [0.2, 0.25) is 0 Å². The number of alkyl halides is 2. The van der Waals surface area contributed by atoms with Crippen molar-refractivity contribution < 1.29 is 13.5 Å². The van der Waals surface area contributed by atoms with Crippen LogP contribution in [0.25, 0.3) is 0 Å². The van der Waals surface area contributed by atoms with E-state index < -0.39 is 5.92 Å². The van der Waals surface area contributed by atoms with E-state index in [9.17, 15) is 8.78 Å². The highest BCUT2D eigenvalue weighted by Gasteiger charge is 2.25. The Morgan fingerprint density at radius 3 is 2.86 bits per heavy atom. The standard InChI is InChI=1S/C11H12F2O/c1-11(12,13)9-4-5-10-8(7-9)3-2-6-14-10/h4-5,7H,2-3,6H2,1H3. The van der Waals surface area contributed by atoms with Crippen LogP contribution < -0.4 is 4.74 Å². The Kier molecular flexibility index (Phi) is 2.17. The van der Waals surface area contributed by atoms with Gasteiger partial charge in [0, 0.05) is 12.5 Å². The quantitative estimate of drug-likeness (QED) is 0.673. The highest BCUT2D eigenvalue weighted by Crippen LogP contribution is 2.32. The van der Waals surface area contributed by atoms with Gasteiger partial charge in [-0.1, -0.05) is 0 Å². The van der Waals surface area contributed by atoms with Gasteiger partial charge in [-0.25, -0.2) is 8.78 Å². The fourth-order valence-corrected chi connectivity index (χ4v) is 1.63. The second kappa shape index (κ2) is 3.23. The van der Waals surface area contributed by atoms with Crippen LogP contribution in [-0.4, -0.2) is 6.61 Å². The number of ether oxygens (including phenoxy) is 1. The van der Waals surface area contributed by atoms with Gasteiger partial charge in [-0.05, 0) is 36.6 Å². The molecular formula is C11H12F2O. The van der Waals surface area contributed by atoms with Crippen molar-refractivity contribution in [2.45, 2.75) is 25.7 Å². The van der Waals surface area contributed by atoms with Crippen LogP contribution >= 0.6 is 0 Å². The summed E-state index contributed by atoms with van der Waals surface area (Å²) in [6.07, 6.45) is 1.74. The maximum Gasteiger partial charge on any atom is 0.270 e. The molecule has 1 aliphatic rings. The van der Waals surface area contributed by atoms with E-state index in [1.807, 2.05) is 0 Å². The van der Waals surface area contributed by atoms with E-state index in [4.69, 9.17) is 4.74 Å². The maximum absolute atomic E-state index is 13.0. The number of hydrogen-bond donors (Lipinski definition) is 0. The molecule has 0 aromatic heterocycles. The first-order chi connectivity index (χ1) is 6.57. The summed E-state index contributed by atoms with van der Waals surface area (Å²) in [6.45, 7) is 1.60. The third-order valence-corrected chi connectivity index (χ3v) is 2.42. The molecule has 0 bridgehead atoms. The number of benzene rings is 1. The van der Waals surface area contributed by atoms with Crippen LogP contribution in [0.5, 0.6) is 5.75 Å². The van der Waals surface area contributed by atoms with E-state index in [1.165, 1.54) is 6.07 Å². The smallest absolute Gasteiger partial charge is 0.270 e. The lowest BCUT2D eigenvalue weighted by Gasteiger charge is -2.19. The number of rotatable bonds is 1. The van der Waals surface area contributed by atoms with Crippen molar-refractivity contribution in [3.63, 3.8) is 0 Å². The summed E-state index contributed by atoms with van der Waals surface area (Å²) in [5.74, 6) is -2.00. The first-order valence-electron chi connectivity index (χ1n) is 4.71. The molecule has 2 rings (SSSR count). The summed E-state index contributed by atoms with van der Waals surface area (Å²) in [7, 11) is 0. The lowest BCUT2D eigenvalue weighted by molar-refractivity contribution is 0.0173. The molecule has 14 heavy (non-hydrogen) atoms. The van der Waals surface area contributed by atoms with Crippen LogP contribution in [0, 0.1) is 0 Å². The Balaban J connectivity index is 2.39. The van der Waals surface area contributed by atoms with Crippen LogP contribution in [0.2, 0.25) is 0 Å². The molecule has 0 saturated heterocycles. The van der Waals surface area contributed by atoms with Crippen molar-refractivity contribution in [1.82, 2.24) is 0 Å². The molecule has 0 unspecified atom stereocenters. The summed E-state index contributed by atoms with van der Waals surface area (Å²) in [5.41, 5.74) is 0.969. The van der Waals surface area contributed by atoms with Crippen LogP contribution in [0.3, 0.4) is 0 Å². The van der Waals surface area contributed by atoms with E-state index >= 15 is 0 Å². The van der Waals surface area contributed by atoms with Crippen molar-refractivity contribution in [3.05, 3.63) is 29.3 Å². The molecule has 1 nitrogen and oxygen atoms in total. The lowest BCUT2D eigenvalue weighted by Crippen LogP contribution is -2.12. The molecule has 0 amide bonds. The average Bonchev–Trinajstić information content (AvgIpc) is 2.16. The molecule has 0 atom stereocenters. The predicted molar refractivity (Wildman–Crippen MR) is 49.8 cm³/mol. The number of fused-ring (bicyclic) bond motifs is 1. The fraction of sp³-hybridized carbons (Fsp3) is 0.455. The highest BCUT2D eigenvalue weighted by atomic mass is 19.3. The zero-order chi connectivity index (χ0) is 10.2. The van der Waals surface area contributed by atoms with Crippen molar-refractivity contribution in [1.29, 1.82) is 0 Å². The van der Waals surface area contributed by atoms with Gasteiger partial charge < -0.3 is 4.74 Å². The van der Waals surface area contributed by atoms with Gasteiger partial charge in [0.1, 0.15) is 5.75 Å². The third kappa shape index (κ3) is 1.72. The summed E-state index contributed by atoms with van der Waals surface area (Å²) in [4.78, 5) is 0. The molecule has 0 N–H and O–H groups in total. The van der Waals surface area contributed by atoms with Crippen molar-refractivity contribution in [2.24, 2.45) is 0 Å². The number of halogens is 2. The minimum Gasteiger partial charge on any atom is -0.493 e. The summed E-state index contributed by atoms with van der Waals surface area (Å²) in [5, 5.41) is 0. The molecule has 0 saturated carbocycles. The first kappa shape index (κ1) is 9.44. The summed E-state index contributed by atoms with van der Waals surface area (Å²) < 4.78 is 31.3. The molecular weight excluding hydrogens is 186 g/mol. The largest absolute Gasteiger partial charge is 0.493 e. The maximum atomic E-state index is 13.0. The van der Waals surface area contributed by atoms with Crippen molar-refractivity contribution in [3.8, 4) is 5.75 Å². The van der Waals surface area contributed by atoms with Gasteiger partial charge in [0.15, 0.2) is 0 Å². The van der Waals surface area contributed by atoms with Gasteiger partial charge in [0.25, 0.3) is 5.92 Å². The van der Waals surface area contributed by atoms with E-state index in [0.717, 1.165) is 31.1 Å². The molecule has 0 aliphatic carbocycles. The Hall–Kier alpha value is -1.12. The third-order valence-electron chi connectivity index (χ3n) is 2.42. The lowest BCUT2D eigenvalue weighted by atomic mass is 10.0. The van der Waals surface area contributed by atoms with Crippen LogP contribution in [0.15, 0.2) is 18.2 Å². The van der Waals surface area contributed by atoms with Crippen LogP contribution in [-0.2, 0) is 12.3 Å². The van der Waals surface area contributed by atoms with Crippen molar-refractivity contribution in [2.75, 3.05) is 6.61 Å². The van der Waals surface area contributed by atoms with E-state index in [1.54, 1.807) is 12.1 Å². The van der Waals surface area contributed by atoms with E-state index in [-0.39, 0.29) is 5.56 Å². The molecule has 0 spiro atoms. The molecule has 3 heteroatoms. The topological polar surface area (TPSA) is 9.23 Å². The zero-order valence-corrected chi connectivity index (χ0v) is 8.02. The van der Waals surface area contributed by atoms with Gasteiger partial charge >= 0.3 is 0 Å². The molecule has 1 aliphatic heterocycles. The second-order valence-corrected chi connectivity index (χ2v) is 3.66. The van der Waals surface area contributed by atoms with Crippen molar-refractivity contribution >= 4 is 0 Å². The van der Waals surface area contributed by atoms with E-state index in [0.29, 0.717) is 6.61 Å². The zero-order valence-electron chi connectivity index (χ0n) is 8.02. The molecule has 1 heterocycles. The molecule has 76 valence electrons. The molecule has 1 aromatic carbocycles. The van der Waals surface area contributed by atoms with Gasteiger partial charge in [0.05, 0.1) is 6.61 Å². The molecule has 0 fully saturated rings. The number of hydrogen-bond acceptors (Lipinski definition) is 1. The van der Waals surface area contributed by atoms with E-state index in [2.05, 4.69) is 0 Å². The summed E-state index contributed by atoms with van der Waals surface area (Å²) >= 11 is 0.